The molecule has 20 heavy (non-hydrogen) atoms. The molecule has 1 atom stereocenters. The highest BCUT2D eigenvalue weighted by atomic mass is 16.5. The zero-order chi connectivity index (χ0) is 15.1. The molecule has 0 aliphatic carbocycles. The van der Waals surface area contributed by atoms with E-state index in [1.165, 1.54) is 38.5 Å². The second kappa shape index (κ2) is 15.2. The van der Waals surface area contributed by atoms with Gasteiger partial charge in [0, 0.05) is 19.0 Å². The van der Waals surface area contributed by atoms with Gasteiger partial charge in [0.25, 0.3) is 0 Å². The van der Waals surface area contributed by atoms with Crippen molar-refractivity contribution in [2.45, 2.75) is 77.4 Å². The van der Waals surface area contributed by atoms with Crippen LogP contribution in [-0.2, 0) is 0 Å². The number of hydrogen-bond donors (Lipinski definition) is 4. The van der Waals surface area contributed by atoms with Crippen LogP contribution in [0.3, 0.4) is 0 Å². The van der Waals surface area contributed by atoms with E-state index in [0.29, 0.717) is 6.54 Å². The van der Waals surface area contributed by atoms with Gasteiger partial charge in [0.1, 0.15) is 0 Å². The van der Waals surface area contributed by atoms with Crippen molar-refractivity contribution in [2.75, 3.05) is 19.6 Å². The second-order valence-electron chi connectivity index (χ2n) is 5.76. The predicted molar refractivity (Wildman–Crippen MR) is 85.5 cm³/mol. The average molecular weight is 288 g/mol. The minimum Gasteiger partial charge on any atom is -0.368 e. The van der Waals surface area contributed by atoms with Gasteiger partial charge in [-0.15, -0.1) is 0 Å². The van der Waals surface area contributed by atoms with E-state index >= 15 is 0 Å². The van der Waals surface area contributed by atoms with Crippen molar-refractivity contribution in [1.29, 1.82) is 0 Å². The Balaban J connectivity index is 3.50. The van der Waals surface area contributed by atoms with Crippen LogP contribution in [0.5, 0.6) is 0 Å². The molecule has 0 heterocycles. The zero-order valence-electron chi connectivity index (χ0n) is 13.3. The molecule has 0 aromatic heterocycles. The molecule has 0 aliphatic rings. The van der Waals surface area contributed by atoms with Gasteiger partial charge in [0.2, 0.25) is 0 Å². The monoisotopic (exact) mass is 288 g/mol. The Labute approximate surface area is 125 Å². The van der Waals surface area contributed by atoms with Crippen LogP contribution in [0.2, 0.25) is 0 Å². The number of nitrogens with two attached hydrogens (primary N) is 1. The number of hydrogen-bond acceptors (Lipinski definition) is 4. The van der Waals surface area contributed by atoms with Crippen LogP contribution in [0, 0.1) is 5.92 Å². The number of aliphatic hydroxyl groups is 2. The molecule has 0 rings (SSSR count). The summed E-state index contributed by atoms with van der Waals surface area (Å²) in [4.78, 5) is 0. The highest BCUT2D eigenvalue weighted by molar-refractivity contribution is 4.63. The molecule has 0 aromatic rings. The summed E-state index contributed by atoms with van der Waals surface area (Å²) in [6, 6.07) is 0. The molecule has 0 spiro atoms. The molecule has 0 radical (unpaired) electrons. The van der Waals surface area contributed by atoms with E-state index < -0.39 is 6.29 Å². The van der Waals surface area contributed by atoms with Crippen LogP contribution in [0.15, 0.2) is 0 Å². The Morgan fingerprint density at radius 2 is 1.45 bits per heavy atom. The lowest BCUT2D eigenvalue weighted by molar-refractivity contribution is -0.0888. The summed E-state index contributed by atoms with van der Waals surface area (Å²) in [7, 11) is 0. The lowest BCUT2D eigenvalue weighted by Crippen LogP contribution is -2.25. The molecule has 122 valence electrons. The standard InChI is InChI=1S/C16H36N2O2/c1-2-3-4-5-6-7-8-10-15(16(19)20)11-9-13-18-14-12-17/h15-16,18-20H,2-14,17H2,1H3. The van der Waals surface area contributed by atoms with E-state index in [-0.39, 0.29) is 5.92 Å². The van der Waals surface area contributed by atoms with Crippen LogP contribution in [0.4, 0.5) is 0 Å². The molecule has 4 nitrogen and oxygen atoms in total. The van der Waals surface area contributed by atoms with Crippen LogP contribution < -0.4 is 11.1 Å². The zero-order valence-corrected chi connectivity index (χ0v) is 13.3. The van der Waals surface area contributed by atoms with Crippen molar-refractivity contribution in [3.05, 3.63) is 0 Å². The Kier molecular flexibility index (Phi) is 15.1. The molecule has 4 heteroatoms. The van der Waals surface area contributed by atoms with E-state index in [0.717, 1.165) is 38.8 Å². The highest BCUT2D eigenvalue weighted by Crippen LogP contribution is 2.19. The Bertz CT molecular complexity index is 189. The van der Waals surface area contributed by atoms with Crippen LogP contribution in [0.25, 0.3) is 0 Å². The number of aliphatic hydroxyl groups excluding tert-OH is 1. The summed E-state index contributed by atoms with van der Waals surface area (Å²) in [5, 5.41) is 22.0. The fourth-order valence-electron chi connectivity index (χ4n) is 2.52. The maximum Gasteiger partial charge on any atom is 0.154 e. The fourth-order valence-corrected chi connectivity index (χ4v) is 2.52. The first kappa shape index (κ1) is 19.8. The Morgan fingerprint density at radius 1 is 0.850 bits per heavy atom. The molecule has 0 bridgehead atoms. The molecule has 0 aliphatic heterocycles. The third kappa shape index (κ3) is 12.9. The van der Waals surface area contributed by atoms with Crippen molar-refractivity contribution in [3.8, 4) is 0 Å². The molecule has 0 fully saturated rings. The third-order valence-electron chi connectivity index (χ3n) is 3.85. The van der Waals surface area contributed by atoms with Crippen molar-refractivity contribution < 1.29 is 10.2 Å². The summed E-state index contributed by atoms with van der Waals surface area (Å²) in [6.07, 6.45) is 10.6. The first-order chi connectivity index (χ1) is 9.72. The van der Waals surface area contributed by atoms with Gasteiger partial charge >= 0.3 is 0 Å². The van der Waals surface area contributed by atoms with Crippen molar-refractivity contribution in [2.24, 2.45) is 11.7 Å². The smallest absolute Gasteiger partial charge is 0.154 e. The molecule has 1 unspecified atom stereocenters. The average Bonchev–Trinajstić information content (AvgIpc) is 2.43. The van der Waals surface area contributed by atoms with E-state index in [1.807, 2.05) is 0 Å². The van der Waals surface area contributed by atoms with Gasteiger partial charge in [-0.2, -0.15) is 0 Å². The lowest BCUT2D eigenvalue weighted by Gasteiger charge is -2.18. The maximum atomic E-state index is 9.40. The van der Waals surface area contributed by atoms with Gasteiger partial charge in [0.15, 0.2) is 6.29 Å². The van der Waals surface area contributed by atoms with Gasteiger partial charge in [0.05, 0.1) is 0 Å². The summed E-state index contributed by atoms with van der Waals surface area (Å²) < 4.78 is 0. The second-order valence-corrected chi connectivity index (χ2v) is 5.76. The Morgan fingerprint density at radius 3 is 2.05 bits per heavy atom. The van der Waals surface area contributed by atoms with E-state index in [4.69, 9.17) is 5.73 Å². The largest absolute Gasteiger partial charge is 0.368 e. The molecule has 0 saturated carbocycles. The summed E-state index contributed by atoms with van der Waals surface area (Å²) in [6.45, 7) is 4.64. The van der Waals surface area contributed by atoms with Gasteiger partial charge in [-0.1, -0.05) is 51.9 Å². The molecule has 5 N–H and O–H groups in total. The quantitative estimate of drug-likeness (QED) is 0.276. The minimum absolute atomic E-state index is 0.0327. The summed E-state index contributed by atoms with van der Waals surface area (Å²) in [5.74, 6) is 0.0327. The first-order valence-electron chi connectivity index (χ1n) is 8.49. The van der Waals surface area contributed by atoms with Crippen LogP contribution in [-0.4, -0.2) is 36.1 Å². The first-order valence-corrected chi connectivity index (χ1v) is 8.49. The topological polar surface area (TPSA) is 78.5 Å². The number of unbranched alkanes of at least 4 members (excludes halogenated alkanes) is 6. The summed E-state index contributed by atoms with van der Waals surface area (Å²) in [5.41, 5.74) is 5.40. The normalized spacial score (nSPS) is 13.1. The highest BCUT2D eigenvalue weighted by Gasteiger charge is 2.15. The predicted octanol–water partition coefficient (Wildman–Crippen LogP) is 2.38. The molecule has 0 aromatic carbocycles. The van der Waals surface area contributed by atoms with Gasteiger partial charge in [-0.05, 0) is 25.8 Å². The molecule has 0 saturated heterocycles. The molecular formula is C16H36N2O2. The molecule has 0 amide bonds. The Hall–Kier alpha value is -0.160. The van der Waals surface area contributed by atoms with E-state index in [1.54, 1.807) is 0 Å². The lowest BCUT2D eigenvalue weighted by atomic mass is 9.95. The third-order valence-corrected chi connectivity index (χ3v) is 3.85. The van der Waals surface area contributed by atoms with Crippen molar-refractivity contribution >= 4 is 0 Å². The number of nitrogens with one attached hydrogen (secondary N) is 1. The van der Waals surface area contributed by atoms with Crippen molar-refractivity contribution in [3.63, 3.8) is 0 Å². The van der Waals surface area contributed by atoms with Gasteiger partial charge in [-0.25, -0.2) is 0 Å². The fraction of sp³-hybridized carbons (Fsp3) is 1.00. The van der Waals surface area contributed by atoms with Gasteiger partial charge in [-0.3, -0.25) is 0 Å². The SMILES string of the molecule is CCCCCCCCCC(CCCNCCN)C(O)O. The minimum atomic E-state index is -1.16. The van der Waals surface area contributed by atoms with Crippen LogP contribution in [0.1, 0.15) is 71.1 Å². The van der Waals surface area contributed by atoms with E-state index in [9.17, 15) is 10.2 Å². The van der Waals surface area contributed by atoms with E-state index in [2.05, 4.69) is 12.2 Å². The van der Waals surface area contributed by atoms with Crippen molar-refractivity contribution in [1.82, 2.24) is 5.32 Å². The summed E-state index contributed by atoms with van der Waals surface area (Å²) >= 11 is 0. The maximum absolute atomic E-state index is 9.40. The van der Waals surface area contributed by atoms with Gasteiger partial charge < -0.3 is 21.3 Å². The number of rotatable bonds is 15. The molecular weight excluding hydrogens is 252 g/mol. The van der Waals surface area contributed by atoms with Crippen LogP contribution >= 0.6 is 0 Å².